The number of carbonyl (C=O) groups excluding carboxylic acids is 3. The number of quaternary nitrogens is 1. The zero-order valence-electron chi connectivity index (χ0n) is 64.2. The van der Waals surface area contributed by atoms with Gasteiger partial charge in [-0.1, -0.05) is 367 Å². The number of unbranched alkanes of at least 4 members (excludes halogenated alkanes) is 43. The number of esters is 2. The summed E-state index contributed by atoms with van der Waals surface area (Å²) in [5.74, 6) is -2.26. The number of carbonyl (C=O) groups is 3. The minimum Gasteiger partial charge on any atom is -0.545 e. The number of carboxylic acid groups (broad SMARTS) is 1. The summed E-state index contributed by atoms with van der Waals surface area (Å²) in [6, 6.07) is 0. The number of allylic oxidation sites excluding steroid dienone is 18. The summed E-state index contributed by atoms with van der Waals surface area (Å²) in [5.41, 5.74) is 0. The van der Waals surface area contributed by atoms with Crippen molar-refractivity contribution in [3.63, 3.8) is 0 Å². The number of likely N-dealkylation sites (N-methyl/N-ethyl adjacent to an activating group) is 1. The van der Waals surface area contributed by atoms with Crippen molar-refractivity contribution < 1.29 is 42.9 Å². The van der Waals surface area contributed by atoms with Crippen LogP contribution >= 0.6 is 0 Å². The molecule has 9 nitrogen and oxygen atoms in total. The SMILES string of the molecule is CC/C=C\C/C=C\C/C=C\C/C=C\C/C=C\C/C=C\CCCCCCCCCCCCCCCCCCC(=O)OC(COC(=O)CCCCCCCCCCCCCCCCCCCCCCCC/C=C\C/C=C\C/C=C\CCCCCCC)COC(OCC[N+](C)(C)C)C(=O)[O-]. The van der Waals surface area contributed by atoms with Gasteiger partial charge in [0.05, 0.1) is 40.3 Å². The molecule has 0 radical (unpaired) electrons. The Morgan fingerprint density at radius 2 is 0.588 bits per heavy atom. The van der Waals surface area contributed by atoms with Crippen LogP contribution in [0.15, 0.2) is 109 Å². The highest BCUT2D eigenvalue weighted by molar-refractivity contribution is 5.70. The lowest BCUT2D eigenvalue weighted by atomic mass is 10.0. The summed E-state index contributed by atoms with van der Waals surface area (Å²) in [5, 5.41) is 11.9. The standard InChI is InChI=1S/C88H155NO8/c1-6-8-10-12-14-16-18-20-22-24-26-28-30-32-34-36-38-40-42-43-45-46-48-50-52-54-56-58-60-62-64-66-68-70-72-74-76-78-85(90)95-82-84(83-96-88(87(92)93)94-81-80-89(3,4)5)97-86(91)79-77-75-73-71-69-67-65-63-61-59-57-55-53-51-49-47-44-41-39-37-35-33-31-29-27-25-23-21-19-17-15-13-11-9-7-2/h9,11,15,17-18,20-21,23-24,26-27,29-30,32-33,35,39,41,84,88H,6-8,10,12-14,16,19,22,25,28,31,34,36-38,40,42-83H2,1-5H3/b11-9-,17-15-,20-18-,23-21-,26-24-,29-27-,32-30-,35-33-,41-39-. The molecular weight excluding hydrogens is 1200 g/mol. The van der Waals surface area contributed by atoms with E-state index < -0.39 is 24.3 Å². The smallest absolute Gasteiger partial charge is 0.306 e. The van der Waals surface area contributed by atoms with Crippen molar-refractivity contribution in [3.05, 3.63) is 109 Å². The zero-order valence-corrected chi connectivity index (χ0v) is 64.2. The fourth-order valence-corrected chi connectivity index (χ4v) is 11.8. The van der Waals surface area contributed by atoms with Crippen LogP contribution in [0.25, 0.3) is 0 Å². The second kappa shape index (κ2) is 77.7. The van der Waals surface area contributed by atoms with Crippen LogP contribution in [0, 0.1) is 0 Å². The number of hydrogen-bond acceptors (Lipinski definition) is 8. The van der Waals surface area contributed by atoms with Crippen LogP contribution in [0.2, 0.25) is 0 Å². The van der Waals surface area contributed by atoms with Crippen molar-refractivity contribution in [1.29, 1.82) is 0 Å². The summed E-state index contributed by atoms with van der Waals surface area (Å²) >= 11 is 0. The summed E-state index contributed by atoms with van der Waals surface area (Å²) < 4.78 is 22.9. The predicted molar refractivity (Wildman–Crippen MR) is 417 cm³/mol. The quantitative estimate of drug-likeness (QED) is 0.0195. The predicted octanol–water partition coefficient (Wildman–Crippen LogP) is 25.1. The fourth-order valence-electron chi connectivity index (χ4n) is 11.8. The molecule has 9 heteroatoms. The summed E-state index contributed by atoms with van der Waals surface area (Å²) in [6.07, 6.45) is 106. The Balaban J connectivity index is 4.00. The summed E-state index contributed by atoms with van der Waals surface area (Å²) in [4.78, 5) is 37.6. The molecule has 0 heterocycles. The highest BCUT2D eigenvalue weighted by atomic mass is 16.7. The lowest BCUT2D eigenvalue weighted by Crippen LogP contribution is -2.44. The van der Waals surface area contributed by atoms with E-state index in [0.29, 0.717) is 23.9 Å². The Bertz CT molecular complexity index is 1970. The van der Waals surface area contributed by atoms with Gasteiger partial charge in [-0.25, -0.2) is 0 Å². The number of carboxylic acids is 1. The number of hydrogen-bond donors (Lipinski definition) is 0. The number of ether oxygens (including phenoxy) is 4. The molecule has 0 aromatic heterocycles. The Morgan fingerprint density at radius 3 is 0.876 bits per heavy atom. The molecule has 0 N–H and O–H groups in total. The Hall–Kier alpha value is -4.05. The normalized spacial score (nSPS) is 13.2. The second-order valence-corrected chi connectivity index (χ2v) is 28.7. The monoisotopic (exact) mass is 1350 g/mol. The molecule has 0 aromatic carbocycles. The molecule has 0 bridgehead atoms. The minimum absolute atomic E-state index is 0.146. The van der Waals surface area contributed by atoms with Gasteiger partial charge in [-0.2, -0.15) is 0 Å². The second-order valence-electron chi connectivity index (χ2n) is 28.7. The van der Waals surface area contributed by atoms with Gasteiger partial charge in [0.15, 0.2) is 12.4 Å². The van der Waals surface area contributed by atoms with E-state index in [4.69, 9.17) is 18.9 Å². The lowest BCUT2D eigenvalue weighted by molar-refractivity contribution is -0.870. The first-order valence-corrected chi connectivity index (χ1v) is 41.0. The van der Waals surface area contributed by atoms with E-state index in [9.17, 15) is 19.5 Å². The van der Waals surface area contributed by atoms with E-state index >= 15 is 0 Å². The Labute approximate surface area is 600 Å². The molecular formula is C88H155NO8. The Morgan fingerprint density at radius 1 is 0.320 bits per heavy atom. The molecule has 2 unspecified atom stereocenters. The number of rotatable bonds is 76. The third-order valence-corrected chi connectivity index (χ3v) is 18.0. The molecule has 0 spiro atoms. The van der Waals surface area contributed by atoms with Gasteiger partial charge >= 0.3 is 11.9 Å². The maximum absolute atomic E-state index is 13.0. The van der Waals surface area contributed by atoms with Crippen LogP contribution < -0.4 is 5.11 Å². The third kappa shape index (κ3) is 79.2. The third-order valence-electron chi connectivity index (χ3n) is 18.0. The van der Waals surface area contributed by atoms with Crippen LogP contribution in [0.4, 0.5) is 0 Å². The minimum atomic E-state index is -1.63. The molecule has 0 aromatic rings. The molecule has 0 aliphatic carbocycles. The van der Waals surface area contributed by atoms with Crippen LogP contribution in [0.3, 0.4) is 0 Å². The molecule has 0 aliphatic rings. The highest BCUT2D eigenvalue weighted by Gasteiger charge is 2.22. The van der Waals surface area contributed by atoms with Crippen molar-refractivity contribution in [1.82, 2.24) is 0 Å². The first-order chi connectivity index (χ1) is 47.6. The van der Waals surface area contributed by atoms with Crippen LogP contribution in [-0.4, -0.2) is 82.3 Å². The van der Waals surface area contributed by atoms with Crippen molar-refractivity contribution in [2.75, 3.05) is 47.5 Å². The van der Waals surface area contributed by atoms with Gasteiger partial charge in [-0.05, 0) is 103 Å². The van der Waals surface area contributed by atoms with Crippen molar-refractivity contribution in [3.8, 4) is 0 Å². The first-order valence-electron chi connectivity index (χ1n) is 41.0. The van der Waals surface area contributed by atoms with Crippen molar-refractivity contribution in [2.24, 2.45) is 0 Å². The van der Waals surface area contributed by atoms with Crippen LogP contribution in [-0.2, 0) is 33.3 Å². The lowest BCUT2D eigenvalue weighted by Gasteiger charge is -2.26. The fraction of sp³-hybridized carbons (Fsp3) is 0.761. The van der Waals surface area contributed by atoms with Crippen LogP contribution in [0.5, 0.6) is 0 Å². The molecule has 0 saturated heterocycles. The molecule has 97 heavy (non-hydrogen) atoms. The number of nitrogens with zero attached hydrogens (tertiary/aromatic N) is 1. The van der Waals surface area contributed by atoms with Gasteiger partial charge in [0.25, 0.3) is 0 Å². The van der Waals surface area contributed by atoms with E-state index in [2.05, 4.69) is 123 Å². The summed E-state index contributed by atoms with van der Waals surface area (Å²) in [7, 11) is 5.94. The molecule has 560 valence electrons. The van der Waals surface area contributed by atoms with Gasteiger partial charge < -0.3 is 33.3 Å². The molecule has 0 fully saturated rings. The molecule has 2 atom stereocenters. The summed E-state index contributed by atoms with van der Waals surface area (Å²) in [6.45, 7) is 4.67. The topological polar surface area (TPSA) is 111 Å². The van der Waals surface area contributed by atoms with Gasteiger partial charge in [-0.15, -0.1) is 0 Å². The highest BCUT2D eigenvalue weighted by Crippen LogP contribution is 2.19. The maximum atomic E-state index is 13.0. The van der Waals surface area contributed by atoms with Gasteiger partial charge in [-0.3, -0.25) is 9.59 Å². The zero-order chi connectivity index (χ0) is 70.4. The van der Waals surface area contributed by atoms with E-state index in [-0.39, 0.29) is 32.2 Å². The molecule has 0 aliphatic heterocycles. The van der Waals surface area contributed by atoms with Gasteiger partial charge in [0.2, 0.25) is 0 Å². The van der Waals surface area contributed by atoms with Gasteiger partial charge in [0.1, 0.15) is 13.2 Å². The van der Waals surface area contributed by atoms with Crippen LogP contribution in [0.1, 0.15) is 373 Å². The van der Waals surface area contributed by atoms with E-state index in [1.807, 2.05) is 21.1 Å². The van der Waals surface area contributed by atoms with E-state index in [1.165, 1.54) is 250 Å². The molecule has 0 rings (SSSR count). The van der Waals surface area contributed by atoms with Gasteiger partial charge in [0, 0.05) is 12.8 Å². The average molecular weight is 1360 g/mol. The largest absolute Gasteiger partial charge is 0.545 e. The van der Waals surface area contributed by atoms with Crippen molar-refractivity contribution in [2.45, 2.75) is 386 Å². The molecule has 0 saturated carbocycles. The first kappa shape index (κ1) is 93.0. The average Bonchev–Trinajstić information content (AvgIpc) is 3.74. The van der Waals surface area contributed by atoms with E-state index in [1.54, 1.807) is 0 Å². The number of aliphatic carboxylic acids is 1. The maximum Gasteiger partial charge on any atom is 0.306 e. The molecule has 0 amide bonds. The Kier molecular flexibility index (Phi) is 74.4. The van der Waals surface area contributed by atoms with E-state index in [0.717, 1.165) is 89.9 Å². The van der Waals surface area contributed by atoms with Crippen molar-refractivity contribution >= 4 is 17.9 Å².